The van der Waals surface area contributed by atoms with Crippen molar-refractivity contribution >= 4 is 33.4 Å². The molecule has 1 aromatic heterocycles. The zero-order valence-corrected chi connectivity index (χ0v) is 22.3. The smallest absolute Gasteiger partial charge is 0.268 e. The minimum absolute atomic E-state index is 0.00735. The molecule has 0 radical (unpaired) electrons. The lowest BCUT2D eigenvalue weighted by atomic mass is 9.92. The summed E-state index contributed by atoms with van der Waals surface area (Å²) in [6.45, 7) is 0.468. The number of carbonyl (C=O) groups is 1. The second-order valence-electron chi connectivity index (χ2n) is 10.6. The number of amidine groups is 1. The van der Waals surface area contributed by atoms with E-state index in [0.717, 1.165) is 64.4 Å². The van der Waals surface area contributed by atoms with Crippen molar-refractivity contribution in [2.75, 3.05) is 0 Å². The fraction of sp³-hybridized carbons (Fsp3) is 0.212. The molecule has 6 rings (SSSR count). The highest BCUT2D eigenvalue weighted by Crippen LogP contribution is 2.33. The summed E-state index contributed by atoms with van der Waals surface area (Å²) in [6, 6.07) is 29.8. The van der Waals surface area contributed by atoms with E-state index >= 15 is 0 Å². The normalized spacial score (nSPS) is 17.1. The number of nitrogens with one attached hydrogen (secondary N) is 2. The summed E-state index contributed by atoms with van der Waals surface area (Å²) in [6.07, 6.45) is 3.60. The molecule has 1 heterocycles. The summed E-state index contributed by atoms with van der Waals surface area (Å²) in [5, 5.41) is 14.2. The lowest BCUT2D eigenvalue weighted by Gasteiger charge is -2.27. The van der Waals surface area contributed by atoms with Crippen molar-refractivity contribution in [3.63, 3.8) is 0 Å². The lowest BCUT2D eigenvalue weighted by molar-refractivity contribution is 0.0917. The average molecular weight is 532 g/mol. The Morgan fingerprint density at radius 2 is 1.62 bits per heavy atom. The summed E-state index contributed by atoms with van der Waals surface area (Å²) < 4.78 is 8.26. The van der Waals surface area contributed by atoms with Crippen molar-refractivity contribution in [3.8, 4) is 11.5 Å². The first-order chi connectivity index (χ1) is 19.5. The number of nitrogen functional groups attached to an aromatic ring is 1. The molecular weight excluding hydrogens is 498 g/mol. The molecule has 1 aliphatic carbocycles. The van der Waals surface area contributed by atoms with Crippen LogP contribution in [0.3, 0.4) is 0 Å². The van der Waals surface area contributed by atoms with E-state index in [1.165, 1.54) is 0 Å². The SMILES string of the molecule is N=C(N)c1ccc2cc(C(=O)N[C@H]3CC[C@H](N)CC3)n(Cc3ccc(Oc4ccccc4)c4ccccc34)c2c1. The van der Waals surface area contributed by atoms with Crippen LogP contribution in [0.4, 0.5) is 0 Å². The number of carbonyl (C=O) groups excluding carboxylic acids is 1. The molecule has 202 valence electrons. The van der Waals surface area contributed by atoms with E-state index in [1.807, 2.05) is 77.4 Å². The highest BCUT2D eigenvalue weighted by Gasteiger charge is 2.23. The molecule has 1 saturated carbocycles. The number of hydrogen-bond acceptors (Lipinski definition) is 4. The topological polar surface area (TPSA) is 119 Å². The van der Waals surface area contributed by atoms with Crippen LogP contribution in [0, 0.1) is 5.41 Å². The van der Waals surface area contributed by atoms with Crippen LogP contribution in [-0.4, -0.2) is 28.4 Å². The number of rotatable bonds is 7. The fourth-order valence-electron chi connectivity index (χ4n) is 5.65. The molecule has 0 spiro atoms. The van der Waals surface area contributed by atoms with Gasteiger partial charge in [0.2, 0.25) is 0 Å². The van der Waals surface area contributed by atoms with Gasteiger partial charge in [-0.1, -0.05) is 60.7 Å². The highest BCUT2D eigenvalue weighted by molar-refractivity contribution is 6.02. The maximum absolute atomic E-state index is 13.7. The standard InChI is InChI=1S/C33H33N5O2/c34-24-13-15-25(16-14-24)37-33(39)30-18-21-10-11-22(32(35)36)19-29(21)38(30)20-23-12-17-31(28-9-5-4-8-27(23)28)40-26-6-2-1-3-7-26/h1-12,17-19,24-25H,13-16,20,34H2,(H3,35,36)(H,37,39)/t24-,25-. The van der Waals surface area contributed by atoms with Gasteiger partial charge in [-0.15, -0.1) is 0 Å². The first-order valence-corrected chi connectivity index (χ1v) is 13.7. The Kier molecular flexibility index (Phi) is 6.97. The van der Waals surface area contributed by atoms with Crippen molar-refractivity contribution in [1.82, 2.24) is 9.88 Å². The number of benzene rings is 4. The molecule has 0 atom stereocenters. The van der Waals surface area contributed by atoms with Gasteiger partial charge in [0.25, 0.3) is 5.91 Å². The van der Waals surface area contributed by atoms with Gasteiger partial charge in [-0.3, -0.25) is 10.2 Å². The molecule has 0 unspecified atom stereocenters. The monoisotopic (exact) mass is 531 g/mol. The van der Waals surface area contributed by atoms with Crippen molar-refractivity contribution in [3.05, 3.63) is 108 Å². The molecule has 5 aromatic rings. The maximum Gasteiger partial charge on any atom is 0.268 e. The predicted octanol–water partition coefficient (Wildman–Crippen LogP) is 5.92. The Bertz CT molecular complexity index is 1700. The molecule has 1 fully saturated rings. The van der Waals surface area contributed by atoms with E-state index in [2.05, 4.69) is 23.5 Å². The number of aromatic nitrogens is 1. The Labute approximate surface area is 233 Å². The van der Waals surface area contributed by atoms with Crippen LogP contribution in [0.1, 0.15) is 47.3 Å². The molecule has 4 aromatic carbocycles. The van der Waals surface area contributed by atoms with E-state index in [0.29, 0.717) is 17.8 Å². The van der Waals surface area contributed by atoms with Crippen LogP contribution >= 0.6 is 0 Å². The summed E-state index contributed by atoms with van der Waals surface area (Å²) in [5.74, 6) is 1.44. The fourth-order valence-corrected chi connectivity index (χ4v) is 5.65. The summed E-state index contributed by atoms with van der Waals surface area (Å²) in [5.41, 5.74) is 15.0. The van der Waals surface area contributed by atoms with Crippen LogP contribution in [-0.2, 0) is 6.54 Å². The van der Waals surface area contributed by atoms with Crippen molar-refractivity contribution in [2.24, 2.45) is 11.5 Å². The molecule has 1 amide bonds. The van der Waals surface area contributed by atoms with E-state index in [4.69, 9.17) is 21.6 Å². The van der Waals surface area contributed by atoms with Gasteiger partial charge < -0.3 is 26.1 Å². The van der Waals surface area contributed by atoms with Gasteiger partial charge in [0.15, 0.2) is 0 Å². The Morgan fingerprint density at radius 1 is 0.900 bits per heavy atom. The van der Waals surface area contributed by atoms with Crippen LogP contribution in [0.25, 0.3) is 21.7 Å². The number of ether oxygens (including phenoxy) is 1. The van der Waals surface area contributed by atoms with Gasteiger partial charge in [0.1, 0.15) is 23.0 Å². The third-order valence-corrected chi connectivity index (χ3v) is 7.83. The molecule has 7 nitrogen and oxygen atoms in total. The number of nitrogens with zero attached hydrogens (tertiary/aromatic N) is 1. The van der Waals surface area contributed by atoms with E-state index < -0.39 is 0 Å². The number of amides is 1. The highest BCUT2D eigenvalue weighted by atomic mass is 16.5. The van der Waals surface area contributed by atoms with Crippen LogP contribution in [0.5, 0.6) is 11.5 Å². The van der Waals surface area contributed by atoms with E-state index in [1.54, 1.807) is 0 Å². The molecule has 0 aliphatic heterocycles. The number of para-hydroxylation sites is 1. The molecule has 40 heavy (non-hydrogen) atoms. The van der Waals surface area contributed by atoms with Gasteiger partial charge in [-0.25, -0.2) is 0 Å². The minimum atomic E-state index is -0.102. The number of nitrogens with two attached hydrogens (primary N) is 2. The maximum atomic E-state index is 13.7. The van der Waals surface area contributed by atoms with Crippen molar-refractivity contribution < 1.29 is 9.53 Å². The van der Waals surface area contributed by atoms with Crippen LogP contribution < -0.4 is 21.5 Å². The van der Waals surface area contributed by atoms with Gasteiger partial charge in [0, 0.05) is 40.5 Å². The van der Waals surface area contributed by atoms with Gasteiger partial charge in [-0.2, -0.15) is 0 Å². The zero-order valence-electron chi connectivity index (χ0n) is 22.3. The molecule has 6 N–H and O–H groups in total. The Hall–Kier alpha value is -4.62. The predicted molar refractivity (Wildman–Crippen MR) is 160 cm³/mol. The first-order valence-electron chi connectivity index (χ1n) is 13.7. The number of fused-ring (bicyclic) bond motifs is 2. The van der Waals surface area contributed by atoms with Crippen LogP contribution in [0.2, 0.25) is 0 Å². The minimum Gasteiger partial charge on any atom is -0.457 e. The third-order valence-electron chi connectivity index (χ3n) is 7.83. The quantitative estimate of drug-likeness (QED) is 0.154. The van der Waals surface area contributed by atoms with Gasteiger partial charge in [0.05, 0.1) is 0 Å². The summed E-state index contributed by atoms with van der Waals surface area (Å²) in [7, 11) is 0. The lowest BCUT2D eigenvalue weighted by Crippen LogP contribution is -2.41. The second-order valence-corrected chi connectivity index (χ2v) is 10.6. The second kappa shape index (κ2) is 10.9. The Morgan fingerprint density at radius 3 is 2.38 bits per heavy atom. The summed E-state index contributed by atoms with van der Waals surface area (Å²) in [4.78, 5) is 13.7. The van der Waals surface area contributed by atoms with Crippen molar-refractivity contribution in [1.29, 1.82) is 5.41 Å². The van der Waals surface area contributed by atoms with Crippen molar-refractivity contribution in [2.45, 2.75) is 44.3 Å². The Balaban J connectivity index is 1.40. The molecule has 7 heteroatoms. The molecule has 1 aliphatic rings. The van der Waals surface area contributed by atoms with E-state index in [9.17, 15) is 4.79 Å². The van der Waals surface area contributed by atoms with Crippen LogP contribution in [0.15, 0.2) is 91.0 Å². The molecule has 0 saturated heterocycles. The molecular formula is C33H33N5O2. The molecule has 0 bridgehead atoms. The van der Waals surface area contributed by atoms with Gasteiger partial charge >= 0.3 is 0 Å². The first kappa shape index (κ1) is 25.6. The third kappa shape index (κ3) is 5.16. The van der Waals surface area contributed by atoms with Gasteiger partial charge in [-0.05, 0) is 67.0 Å². The number of hydrogen-bond donors (Lipinski definition) is 4. The summed E-state index contributed by atoms with van der Waals surface area (Å²) >= 11 is 0. The van der Waals surface area contributed by atoms with E-state index in [-0.39, 0.29) is 23.8 Å². The average Bonchev–Trinajstić information content (AvgIpc) is 3.33. The largest absolute Gasteiger partial charge is 0.457 e. The zero-order chi connectivity index (χ0) is 27.6.